The molecule has 1 unspecified atom stereocenters. The molecule has 1 N–H and O–H groups in total. The summed E-state index contributed by atoms with van der Waals surface area (Å²) in [6.45, 7) is 12.6. The average molecular weight is 246 g/mol. The zero-order valence-corrected chi connectivity index (χ0v) is 12.0. The van der Waals surface area contributed by atoms with Gasteiger partial charge in [0.2, 0.25) is 0 Å². The summed E-state index contributed by atoms with van der Waals surface area (Å²) in [6, 6.07) is 8.74. The molecule has 1 aliphatic rings. The molecular formula is C16H26N2. The maximum Gasteiger partial charge on any atom is 0.0236 e. The lowest BCUT2D eigenvalue weighted by Crippen LogP contribution is -2.37. The number of aryl methyl sites for hydroxylation is 1. The number of nitrogens with one attached hydrogen (secondary N) is 1. The van der Waals surface area contributed by atoms with Gasteiger partial charge in [-0.2, -0.15) is 0 Å². The van der Waals surface area contributed by atoms with Crippen LogP contribution in [0.5, 0.6) is 0 Å². The molecule has 0 saturated carbocycles. The summed E-state index contributed by atoms with van der Waals surface area (Å²) >= 11 is 0. The van der Waals surface area contributed by atoms with E-state index in [0.29, 0.717) is 5.41 Å². The van der Waals surface area contributed by atoms with Crippen LogP contribution in [0.1, 0.15) is 31.4 Å². The molecular weight excluding hydrogens is 220 g/mol. The van der Waals surface area contributed by atoms with E-state index in [1.54, 1.807) is 0 Å². The zero-order chi connectivity index (χ0) is 13.0. The molecule has 0 amide bonds. The monoisotopic (exact) mass is 246 g/mol. The van der Waals surface area contributed by atoms with Crippen LogP contribution in [0.4, 0.5) is 0 Å². The molecule has 1 aromatic rings. The maximum absolute atomic E-state index is 3.49. The van der Waals surface area contributed by atoms with Crippen molar-refractivity contribution in [1.82, 2.24) is 10.2 Å². The molecule has 0 bridgehead atoms. The summed E-state index contributed by atoms with van der Waals surface area (Å²) in [7, 11) is 0. The van der Waals surface area contributed by atoms with E-state index in [4.69, 9.17) is 0 Å². The second kappa shape index (κ2) is 5.85. The summed E-state index contributed by atoms with van der Waals surface area (Å²) in [5.74, 6) is 0. The Morgan fingerprint density at radius 2 is 2.11 bits per heavy atom. The smallest absolute Gasteiger partial charge is 0.0236 e. The first kappa shape index (κ1) is 13.6. The molecule has 1 fully saturated rings. The van der Waals surface area contributed by atoms with Crippen molar-refractivity contribution in [3.8, 4) is 0 Å². The summed E-state index contributed by atoms with van der Waals surface area (Å²) in [5.41, 5.74) is 3.33. The number of nitrogens with zero attached hydrogens (tertiary/aromatic N) is 1. The van der Waals surface area contributed by atoms with E-state index in [0.717, 1.165) is 19.6 Å². The van der Waals surface area contributed by atoms with Crippen LogP contribution in [-0.2, 0) is 6.54 Å². The molecule has 2 rings (SSSR count). The van der Waals surface area contributed by atoms with E-state index < -0.39 is 0 Å². The van der Waals surface area contributed by atoms with Gasteiger partial charge < -0.3 is 5.32 Å². The normalized spacial score (nSPS) is 23.8. The van der Waals surface area contributed by atoms with Crippen LogP contribution in [0.3, 0.4) is 0 Å². The molecule has 1 aliphatic heterocycles. The molecule has 18 heavy (non-hydrogen) atoms. The Bertz CT molecular complexity index is 380. The molecule has 1 heterocycles. The van der Waals surface area contributed by atoms with E-state index in [1.807, 2.05) is 0 Å². The van der Waals surface area contributed by atoms with Gasteiger partial charge >= 0.3 is 0 Å². The highest BCUT2D eigenvalue weighted by atomic mass is 15.1. The van der Waals surface area contributed by atoms with Gasteiger partial charge in [-0.1, -0.05) is 38.1 Å². The van der Waals surface area contributed by atoms with E-state index in [2.05, 4.69) is 55.3 Å². The van der Waals surface area contributed by atoms with Crippen LogP contribution in [0.15, 0.2) is 24.3 Å². The minimum Gasteiger partial charge on any atom is -0.316 e. The van der Waals surface area contributed by atoms with Crippen molar-refractivity contribution in [2.45, 2.75) is 33.7 Å². The fraction of sp³-hybridized carbons (Fsp3) is 0.625. The Kier molecular flexibility index (Phi) is 4.41. The largest absolute Gasteiger partial charge is 0.316 e. The number of benzene rings is 1. The first-order valence-corrected chi connectivity index (χ1v) is 7.10. The van der Waals surface area contributed by atoms with E-state index in [1.165, 1.54) is 30.6 Å². The zero-order valence-electron chi connectivity index (χ0n) is 12.0. The van der Waals surface area contributed by atoms with Gasteiger partial charge in [0.15, 0.2) is 0 Å². The first-order valence-electron chi connectivity index (χ1n) is 7.10. The Morgan fingerprint density at radius 3 is 2.72 bits per heavy atom. The average Bonchev–Trinajstić information content (AvgIpc) is 2.78. The molecule has 0 aliphatic carbocycles. The van der Waals surface area contributed by atoms with Crippen LogP contribution >= 0.6 is 0 Å². The quantitative estimate of drug-likeness (QED) is 0.859. The van der Waals surface area contributed by atoms with Gasteiger partial charge in [-0.05, 0) is 43.0 Å². The van der Waals surface area contributed by atoms with Gasteiger partial charge in [0.05, 0.1) is 0 Å². The molecule has 1 aromatic carbocycles. The Morgan fingerprint density at radius 1 is 1.33 bits per heavy atom. The molecule has 2 nitrogen and oxygen atoms in total. The van der Waals surface area contributed by atoms with Crippen molar-refractivity contribution in [2.75, 3.05) is 26.2 Å². The van der Waals surface area contributed by atoms with Gasteiger partial charge in [-0.3, -0.25) is 4.90 Å². The minimum absolute atomic E-state index is 0.457. The predicted molar refractivity (Wildman–Crippen MR) is 77.7 cm³/mol. The second-order valence-electron chi connectivity index (χ2n) is 5.97. The Balaban J connectivity index is 1.99. The van der Waals surface area contributed by atoms with E-state index in [9.17, 15) is 0 Å². The highest BCUT2D eigenvalue weighted by molar-refractivity contribution is 5.25. The van der Waals surface area contributed by atoms with Crippen molar-refractivity contribution < 1.29 is 0 Å². The van der Waals surface area contributed by atoms with Crippen molar-refractivity contribution in [2.24, 2.45) is 5.41 Å². The Labute approximate surface area is 111 Å². The molecule has 0 spiro atoms. The summed E-state index contributed by atoms with van der Waals surface area (Å²) in [5, 5.41) is 3.49. The third-order valence-corrected chi connectivity index (χ3v) is 4.16. The molecule has 0 aromatic heterocycles. The van der Waals surface area contributed by atoms with Gasteiger partial charge in [-0.25, -0.2) is 0 Å². The summed E-state index contributed by atoms with van der Waals surface area (Å²) in [4.78, 5) is 2.58. The van der Waals surface area contributed by atoms with Crippen molar-refractivity contribution >= 4 is 0 Å². The fourth-order valence-electron chi connectivity index (χ4n) is 2.85. The van der Waals surface area contributed by atoms with Crippen molar-refractivity contribution in [3.63, 3.8) is 0 Å². The lowest BCUT2D eigenvalue weighted by molar-refractivity contribution is 0.178. The number of rotatable bonds is 5. The Hall–Kier alpha value is -0.860. The molecule has 0 radical (unpaired) electrons. The SMILES string of the molecule is CCN(Cc1ccccc1C)CC1(C)CCNC1. The topological polar surface area (TPSA) is 15.3 Å². The van der Waals surface area contributed by atoms with Crippen molar-refractivity contribution in [3.05, 3.63) is 35.4 Å². The van der Waals surface area contributed by atoms with Crippen LogP contribution in [-0.4, -0.2) is 31.1 Å². The lowest BCUT2D eigenvalue weighted by Gasteiger charge is -2.31. The van der Waals surface area contributed by atoms with Gasteiger partial charge in [0.1, 0.15) is 0 Å². The molecule has 100 valence electrons. The highest BCUT2D eigenvalue weighted by Crippen LogP contribution is 2.26. The molecule has 2 heteroatoms. The van der Waals surface area contributed by atoms with E-state index >= 15 is 0 Å². The number of hydrogen-bond acceptors (Lipinski definition) is 2. The fourth-order valence-corrected chi connectivity index (χ4v) is 2.85. The molecule has 1 saturated heterocycles. The molecule has 1 atom stereocenters. The third kappa shape index (κ3) is 3.33. The van der Waals surface area contributed by atoms with Crippen LogP contribution in [0, 0.1) is 12.3 Å². The maximum atomic E-state index is 3.49. The van der Waals surface area contributed by atoms with Gasteiger partial charge in [-0.15, -0.1) is 0 Å². The van der Waals surface area contributed by atoms with Crippen molar-refractivity contribution in [1.29, 1.82) is 0 Å². The van der Waals surface area contributed by atoms with Crippen LogP contribution < -0.4 is 5.32 Å². The third-order valence-electron chi connectivity index (χ3n) is 4.16. The highest BCUT2D eigenvalue weighted by Gasteiger charge is 2.30. The summed E-state index contributed by atoms with van der Waals surface area (Å²) < 4.78 is 0. The van der Waals surface area contributed by atoms with E-state index in [-0.39, 0.29) is 0 Å². The first-order chi connectivity index (χ1) is 8.63. The number of hydrogen-bond donors (Lipinski definition) is 1. The van der Waals surface area contributed by atoms with Crippen LogP contribution in [0.2, 0.25) is 0 Å². The minimum atomic E-state index is 0.457. The van der Waals surface area contributed by atoms with Crippen LogP contribution in [0.25, 0.3) is 0 Å². The van der Waals surface area contributed by atoms with Gasteiger partial charge in [0.25, 0.3) is 0 Å². The second-order valence-corrected chi connectivity index (χ2v) is 5.97. The predicted octanol–water partition coefficient (Wildman–Crippen LogP) is 2.82. The van der Waals surface area contributed by atoms with Gasteiger partial charge in [0, 0.05) is 19.6 Å². The summed E-state index contributed by atoms with van der Waals surface area (Å²) in [6.07, 6.45) is 1.30. The lowest BCUT2D eigenvalue weighted by atomic mass is 9.89. The standard InChI is InChI=1S/C16H26N2/c1-4-18(13-16(3)9-10-17-12-16)11-15-8-6-5-7-14(15)2/h5-8,17H,4,9-13H2,1-3H3.